The van der Waals surface area contributed by atoms with Gasteiger partial charge in [-0.2, -0.15) is 0 Å². The lowest BCUT2D eigenvalue weighted by Crippen LogP contribution is -2.40. The van der Waals surface area contributed by atoms with Gasteiger partial charge in [-0.3, -0.25) is 9.59 Å². The van der Waals surface area contributed by atoms with Crippen LogP contribution < -0.4 is 0 Å². The van der Waals surface area contributed by atoms with Crippen LogP contribution >= 0.6 is 0 Å². The van der Waals surface area contributed by atoms with Gasteiger partial charge in [0, 0.05) is 11.1 Å². The second-order valence-corrected chi connectivity index (χ2v) is 6.43. The predicted octanol–water partition coefficient (Wildman–Crippen LogP) is 4.92. The monoisotopic (exact) mass is 372 g/mol. The number of hydrogen-bond acceptors (Lipinski definition) is 4. The van der Waals surface area contributed by atoms with Gasteiger partial charge in [0.1, 0.15) is 22.9 Å². The maximum Gasteiger partial charge on any atom is 0.193 e. The third-order valence-electron chi connectivity index (χ3n) is 5.22. The molecule has 144 valence electrons. The van der Waals surface area contributed by atoms with Gasteiger partial charge in [0.15, 0.2) is 11.6 Å². The van der Waals surface area contributed by atoms with E-state index in [1.807, 2.05) is 20.8 Å². The Balaban J connectivity index is 2.57. The van der Waals surface area contributed by atoms with Gasteiger partial charge in [0.25, 0.3) is 0 Å². The predicted molar refractivity (Wildman–Crippen MR) is 102 cm³/mol. The molecule has 0 amide bonds. The van der Waals surface area contributed by atoms with E-state index in [1.165, 1.54) is 25.3 Å². The maximum atomic E-state index is 13.8. The van der Waals surface area contributed by atoms with Gasteiger partial charge in [0.2, 0.25) is 0 Å². The fourth-order valence-electron chi connectivity index (χ4n) is 3.62. The second kappa shape index (κ2) is 8.33. The van der Waals surface area contributed by atoms with E-state index >= 15 is 0 Å². The molecule has 0 saturated carbocycles. The zero-order valence-electron chi connectivity index (χ0n) is 16.1. The van der Waals surface area contributed by atoms with Crippen LogP contribution in [0, 0.1) is 11.2 Å². The van der Waals surface area contributed by atoms with E-state index in [2.05, 4.69) is 0 Å². The second-order valence-electron chi connectivity index (χ2n) is 6.43. The smallest absolute Gasteiger partial charge is 0.193 e. The molecular formula is C22H25FO4. The minimum Gasteiger partial charge on any atom is -0.507 e. The molecule has 5 heteroatoms. The molecule has 1 aliphatic rings. The number of Topliss-reactive ketones (excluding diaryl/α,β-unsaturated/α-hetero) is 1. The van der Waals surface area contributed by atoms with Crippen molar-refractivity contribution in [3.8, 4) is 0 Å². The number of hydrogen-bond donors (Lipinski definition) is 1. The summed E-state index contributed by atoms with van der Waals surface area (Å²) in [6.07, 6.45) is 3.74. The molecule has 0 spiro atoms. The quantitative estimate of drug-likeness (QED) is 0.545. The van der Waals surface area contributed by atoms with Crippen molar-refractivity contribution in [3.05, 3.63) is 64.4 Å². The molecule has 1 aromatic carbocycles. The first-order valence-corrected chi connectivity index (χ1v) is 9.10. The van der Waals surface area contributed by atoms with Gasteiger partial charge in [0.05, 0.1) is 12.5 Å². The molecule has 0 unspecified atom stereocenters. The number of methoxy groups -OCH3 is 1. The summed E-state index contributed by atoms with van der Waals surface area (Å²) in [4.78, 5) is 26.0. The molecule has 1 aliphatic carbocycles. The standard InChI is InChI=1S/C22H25FO4/c1-5-15-19(25)18(20(26)22(6-2,7-3)21(15)27-4)17(24)13-12-14-10-8-9-11-16(14)23/h8-13,25H,5-7H2,1-4H3/b13-12+. The molecule has 0 aliphatic heterocycles. The van der Waals surface area contributed by atoms with Crippen molar-refractivity contribution in [2.75, 3.05) is 7.11 Å². The van der Waals surface area contributed by atoms with Crippen LogP contribution in [-0.4, -0.2) is 23.8 Å². The van der Waals surface area contributed by atoms with Crippen LogP contribution in [0.2, 0.25) is 0 Å². The lowest BCUT2D eigenvalue weighted by molar-refractivity contribution is -0.128. The molecule has 0 atom stereocenters. The average molecular weight is 372 g/mol. The van der Waals surface area contributed by atoms with Gasteiger partial charge in [-0.1, -0.05) is 39.0 Å². The third-order valence-corrected chi connectivity index (χ3v) is 5.22. The Morgan fingerprint density at radius 1 is 1.22 bits per heavy atom. The number of rotatable bonds is 7. The number of carbonyl (C=O) groups excluding carboxylic acids is 2. The highest BCUT2D eigenvalue weighted by Gasteiger charge is 2.49. The number of ketones is 2. The van der Waals surface area contributed by atoms with Crippen LogP contribution in [0.3, 0.4) is 0 Å². The van der Waals surface area contributed by atoms with Crippen LogP contribution in [-0.2, 0) is 14.3 Å². The average Bonchev–Trinajstić information content (AvgIpc) is 2.67. The number of aliphatic hydroxyl groups is 1. The summed E-state index contributed by atoms with van der Waals surface area (Å²) in [6, 6.07) is 6.01. The van der Waals surface area contributed by atoms with Crippen molar-refractivity contribution < 1.29 is 23.8 Å². The van der Waals surface area contributed by atoms with E-state index in [-0.39, 0.29) is 16.9 Å². The number of carbonyl (C=O) groups is 2. The molecule has 0 saturated heterocycles. The number of benzene rings is 1. The molecule has 0 bridgehead atoms. The number of halogens is 1. The van der Waals surface area contributed by atoms with Gasteiger partial charge in [-0.25, -0.2) is 4.39 Å². The lowest BCUT2D eigenvalue weighted by Gasteiger charge is -2.37. The Morgan fingerprint density at radius 2 is 1.85 bits per heavy atom. The van der Waals surface area contributed by atoms with E-state index in [9.17, 15) is 19.1 Å². The van der Waals surface area contributed by atoms with Crippen molar-refractivity contribution in [2.24, 2.45) is 5.41 Å². The Labute approximate surface area is 159 Å². The van der Waals surface area contributed by atoms with Gasteiger partial charge < -0.3 is 9.84 Å². The van der Waals surface area contributed by atoms with E-state index in [1.54, 1.807) is 12.1 Å². The first kappa shape index (κ1) is 20.6. The molecule has 0 fully saturated rings. The summed E-state index contributed by atoms with van der Waals surface area (Å²) < 4.78 is 19.3. The molecule has 0 heterocycles. The van der Waals surface area contributed by atoms with Gasteiger partial charge in [-0.05, 0) is 37.5 Å². The minimum atomic E-state index is -0.983. The molecule has 27 heavy (non-hydrogen) atoms. The summed E-state index contributed by atoms with van der Waals surface area (Å²) in [5, 5.41) is 10.6. The molecule has 0 aromatic heterocycles. The largest absolute Gasteiger partial charge is 0.507 e. The Morgan fingerprint density at radius 3 is 2.37 bits per heavy atom. The third kappa shape index (κ3) is 3.46. The van der Waals surface area contributed by atoms with Crippen LogP contribution in [0.5, 0.6) is 0 Å². The van der Waals surface area contributed by atoms with Crippen LogP contribution in [0.4, 0.5) is 4.39 Å². The lowest BCUT2D eigenvalue weighted by atomic mass is 9.68. The summed E-state index contributed by atoms with van der Waals surface area (Å²) in [6.45, 7) is 5.54. The summed E-state index contributed by atoms with van der Waals surface area (Å²) >= 11 is 0. The normalized spacial score (nSPS) is 17.0. The van der Waals surface area contributed by atoms with Crippen molar-refractivity contribution in [1.82, 2.24) is 0 Å². The molecular weight excluding hydrogens is 347 g/mol. The minimum absolute atomic E-state index is 0.232. The van der Waals surface area contributed by atoms with Crippen molar-refractivity contribution >= 4 is 17.6 Å². The van der Waals surface area contributed by atoms with Crippen molar-refractivity contribution in [1.29, 1.82) is 0 Å². The number of allylic oxidation sites excluding steroid dienone is 4. The van der Waals surface area contributed by atoms with Gasteiger partial charge >= 0.3 is 0 Å². The zero-order valence-corrected chi connectivity index (χ0v) is 16.1. The van der Waals surface area contributed by atoms with Gasteiger partial charge in [-0.15, -0.1) is 0 Å². The van der Waals surface area contributed by atoms with Crippen molar-refractivity contribution in [3.63, 3.8) is 0 Å². The Bertz CT molecular complexity index is 842. The molecule has 4 nitrogen and oxygen atoms in total. The van der Waals surface area contributed by atoms with E-state index in [0.29, 0.717) is 30.6 Å². The Hall–Kier alpha value is -2.69. The highest BCUT2D eigenvalue weighted by atomic mass is 19.1. The summed E-state index contributed by atoms with van der Waals surface area (Å²) in [5.41, 5.74) is -0.550. The highest BCUT2D eigenvalue weighted by Crippen LogP contribution is 2.46. The highest BCUT2D eigenvalue weighted by molar-refractivity contribution is 6.28. The van der Waals surface area contributed by atoms with E-state index < -0.39 is 22.8 Å². The fraction of sp³-hybridized carbons (Fsp3) is 0.364. The van der Waals surface area contributed by atoms with Crippen LogP contribution in [0.15, 0.2) is 53.0 Å². The summed E-state index contributed by atoms with van der Waals surface area (Å²) in [7, 11) is 1.47. The molecule has 1 N–H and O–H groups in total. The first-order chi connectivity index (χ1) is 12.9. The van der Waals surface area contributed by atoms with Crippen LogP contribution in [0.1, 0.15) is 45.6 Å². The van der Waals surface area contributed by atoms with Crippen LogP contribution in [0.25, 0.3) is 6.08 Å². The van der Waals surface area contributed by atoms with E-state index in [0.717, 1.165) is 6.08 Å². The summed E-state index contributed by atoms with van der Waals surface area (Å²) in [5.74, 6) is -1.50. The first-order valence-electron chi connectivity index (χ1n) is 9.10. The molecule has 0 radical (unpaired) electrons. The topological polar surface area (TPSA) is 63.6 Å². The Kier molecular flexibility index (Phi) is 6.37. The molecule has 2 rings (SSSR count). The molecule has 1 aromatic rings. The van der Waals surface area contributed by atoms with Crippen molar-refractivity contribution in [2.45, 2.75) is 40.0 Å². The maximum absolute atomic E-state index is 13.8. The zero-order chi connectivity index (χ0) is 20.2. The number of aliphatic hydroxyl groups excluding tert-OH is 1. The SMILES string of the molecule is CCC1=C(OC)C(CC)(CC)C(=O)C(C(=O)/C=C/c2ccccc2F)=C1O. The fourth-order valence-corrected chi connectivity index (χ4v) is 3.62. The number of ether oxygens (including phenoxy) is 1. The van der Waals surface area contributed by atoms with E-state index in [4.69, 9.17) is 4.74 Å².